The maximum atomic E-state index is 12.0. The van der Waals surface area contributed by atoms with Gasteiger partial charge >= 0.3 is 0 Å². The van der Waals surface area contributed by atoms with Crippen LogP contribution in [0, 0.1) is 6.92 Å². The molecule has 2 rings (SSSR count). The molecule has 19 heavy (non-hydrogen) atoms. The summed E-state index contributed by atoms with van der Waals surface area (Å²) in [6.07, 6.45) is 1.21. The van der Waals surface area contributed by atoms with E-state index in [1.807, 2.05) is 0 Å². The molecule has 8 heteroatoms. The fraction of sp³-hybridized carbons (Fsp3) is 0.727. The van der Waals surface area contributed by atoms with Gasteiger partial charge in [-0.15, -0.1) is 0 Å². The quantitative estimate of drug-likeness (QED) is 0.778. The van der Waals surface area contributed by atoms with Crippen LogP contribution in [-0.2, 0) is 14.8 Å². The average Bonchev–Trinajstić information content (AvgIpc) is 2.84. The van der Waals surface area contributed by atoms with Gasteiger partial charge in [0.1, 0.15) is 5.82 Å². The van der Waals surface area contributed by atoms with Gasteiger partial charge in [-0.2, -0.15) is 0 Å². The fourth-order valence-corrected chi connectivity index (χ4v) is 3.04. The molecule has 1 aliphatic heterocycles. The van der Waals surface area contributed by atoms with E-state index in [0.29, 0.717) is 12.4 Å². The van der Waals surface area contributed by atoms with Crippen molar-refractivity contribution >= 4 is 10.0 Å². The molecule has 0 amide bonds. The molecule has 108 valence electrons. The molecule has 1 fully saturated rings. The van der Waals surface area contributed by atoms with Crippen molar-refractivity contribution in [1.82, 2.24) is 19.6 Å². The Morgan fingerprint density at radius 3 is 3.05 bits per heavy atom. The summed E-state index contributed by atoms with van der Waals surface area (Å²) in [5, 5.41) is 0.0909. The van der Waals surface area contributed by atoms with Gasteiger partial charge in [0.25, 0.3) is 10.0 Å². The highest BCUT2D eigenvalue weighted by Crippen LogP contribution is 2.07. The summed E-state index contributed by atoms with van der Waals surface area (Å²) in [7, 11) is -3.53. The summed E-state index contributed by atoms with van der Waals surface area (Å²) >= 11 is 0. The summed E-state index contributed by atoms with van der Waals surface area (Å²) in [5.41, 5.74) is 0. The van der Waals surface area contributed by atoms with Crippen molar-refractivity contribution in [3.63, 3.8) is 0 Å². The van der Waals surface area contributed by atoms with Gasteiger partial charge < -0.3 is 9.72 Å². The number of aromatic nitrogens is 2. The first-order valence-electron chi connectivity index (χ1n) is 6.36. The standard InChI is InChI=1S/C11H20N4O3S/c1-3-15-4-5-18-10(8-15)6-13-19(16,17)11-7-12-9(2)14-11/h7,10,13H,3-6,8H2,1-2H3,(H,12,14). The van der Waals surface area contributed by atoms with Crippen molar-refractivity contribution in [2.45, 2.75) is 25.0 Å². The van der Waals surface area contributed by atoms with Crippen LogP contribution in [0.3, 0.4) is 0 Å². The third kappa shape index (κ3) is 3.75. The van der Waals surface area contributed by atoms with E-state index in [4.69, 9.17) is 4.74 Å². The Labute approximate surface area is 113 Å². The van der Waals surface area contributed by atoms with Crippen molar-refractivity contribution in [2.75, 3.05) is 32.8 Å². The van der Waals surface area contributed by atoms with Crippen LogP contribution in [0.1, 0.15) is 12.7 Å². The molecular formula is C11H20N4O3S. The van der Waals surface area contributed by atoms with Crippen molar-refractivity contribution in [2.24, 2.45) is 0 Å². The monoisotopic (exact) mass is 288 g/mol. The number of sulfonamides is 1. The highest BCUT2D eigenvalue weighted by atomic mass is 32.2. The minimum Gasteiger partial charge on any atom is -0.374 e. The minimum absolute atomic E-state index is 0.0909. The average molecular weight is 288 g/mol. The van der Waals surface area contributed by atoms with Crippen LogP contribution < -0.4 is 4.72 Å². The molecular weight excluding hydrogens is 268 g/mol. The highest BCUT2D eigenvalue weighted by molar-refractivity contribution is 7.89. The minimum atomic E-state index is -3.53. The summed E-state index contributed by atoms with van der Waals surface area (Å²) in [4.78, 5) is 8.84. The second-order valence-corrected chi connectivity index (χ2v) is 6.31. The molecule has 0 aromatic carbocycles. The zero-order valence-corrected chi connectivity index (χ0v) is 12.0. The number of hydrogen-bond donors (Lipinski definition) is 2. The molecule has 1 saturated heterocycles. The Morgan fingerprint density at radius 1 is 1.63 bits per heavy atom. The molecule has 1 aromatic rings. The van der Waals surface area contributed by atoms with Crippen LogP contribution in [0.4, 0.5) is 0 Å². The van der Waals surface area contributed by atoms with Gasteiger partial charge in [-0.05, 0) is 13.5 Å². The van der Waals surface area contributed by atoms with Crippen LogP contribution in [0.25, 0.3) is 0 Å². The molecule has 1 aliphatic rings. The number of aryl methyl sites for hydroxylation is 1. The molecule has 2 N–H and O–H groups in total. The maximum absolute atomic E-state index is 12.0. The van der Waals surface area contributed by atoms with E-state index in [2.05, 4.69) is 26.5 Å². The lowest BCUT2D eigenvalue weighted by atomic mass is 10.3. The lowest BCUT2D eigenvalue weighted by Crippen LogP contribution is -2.47. The van der Waals surface area contributed by atoms with Crippen molar-refractivity contribution < 1.29 is 13.2 Å². The summed E-state index contributed by atoms with van der Waals surface area (Å²) in [6, 6.07) is 0. The largest absolute Gasteiger partial charge is 0.374 e. The Balaban J connectivity index is 1.91. The van der Waals surface area contributed by atoms with Gasteiger partial charge in [-0.1, -0.05) is 6.92 Å². The van der Waals surface area contributed by atoms with Gasteiger partial charge in [-0.3, -0.25) is 4.90 Å². The van der Waals surface area contributed by atoms with E-state index >= 15 is 0 Å². The van der Waals surface area contributed by atoms with E-state index in [1.54, 1.807) is 6.92 Å². The van der Waals surface area contributed by atoms with Gasteiger partial charge in [0.2, 0.25) is 0 Å². The molecule has 0 spiro atoms. The van der Waals surface area contributed by atoms with Crippen molar-refractivity contribution in [3.05, 3.63) is 12.0 Å². The van der Waals surface area contributed by atoms with Crippen LogP contribution in [0.2, 0.25) is 0 Å². The van der Waals surface area contributed by atoms with E-state index in [1.165, 1.54) is 6.20 Å². The van der Waals surface area contributed by atoms with Crippen LogP contribution >= 0.6 is 0 Å². The third-order valence-electron chi connectivity index (χ3n) is 3.14. The number of H-pyrrole nitrogens is 1. The van der Waals surface area contributed by atoms with Crippen LogP contribution in [0.5, 0.6) is 0 Å². The number of rotatable bonds is 5. The van der Waals surface area contributed by atoms with E-state index in [9.17, 15) is 8.42 Å². The van der Waals surface area contributed by atoms with E-state index < -0.39 is 10.0 Å². The third-order valence-corrected chi connectivity index (χ3v) is 4.47. The molecule has 0 bridgehead atoms. The van der Waals surface area contributed by atoms with Gasteiger partial charge in [-0.25, -0.2) is 18.1 Å². The number of hydrogen-bond acceptors (Lipinski definition) is 5. The summed E-state index contributed by atoms with van der Waals surface area (Å²) in [6.45, 7) is 7.31. The summed E-state index contributed by atoms with van der Waals surface area (Å²) in [5.74, 6) is 0.575. The predicted octanol–water partition coefficient (Wildman–Crippen LogP) is -0.283. The van der Waals surface area contributed by atoms with Crippen LogP contribution in [-0.4, -0.2) is 62.2 Å². The number of aromatic amines is 1. The number of imidazole rings is 1. The first-order chi connectivity index (χ1) is 9.01. The van der Waals surface area contributed by atoms with Gasteiger partial charge in [0.05, 0.1) is 18.9 Å². The van der Waals surface area contributed by atoms with E-state index in [0.717, 1.165) is 19.6 Å². The predicted molar refractivity (Wildman–Crippen MR) is 70.4 cm³/mol. The molecule has 1 aromatic heterocycles. The molecule has 0 aliphatic carbocycles. The smallest absolute Gasteiger partial charge is 0.257 e. The fourth-order valence-electron chi connectivity index (χ4n) is 2.01. The van der Waals surface area contributed by atoms with Crippen molar-refractivity contribution in [1.29, 1.82) is 0 Å². The molecule has 1 atom stereocenters. The highest BCUT2D eigenvalue weighted by Gasteiger charge is 2.23. The normalized spacial score (nSPS) is 21.7. The van der Waals surface area contributed by atoms with Crippen molar-refractivity contribution in [3.8, 4) is 0 Å². The van der Waals surface area contributed by atoms with Gasteiger partial charge in [0.15, 0.2) is 5.03 Å². The lowest BCUT2D eigenvalue weighted by Gasteiger charge is -2.31. The number of likely N-dealkylation sites (N-methyl/N-ethyl adjacent to an activating group) is 1. The Hall–Kier alpha value is -0.960. The number of morpholine rings is 1. The second kappa shape index (κ2) is 6.00. The number of nitrogens with zero attached hydrogens (tertiary/aromatic N) is 2. The van der Waals surface area contributed by atoms with E-state index in [-0.39, 0.29) is 17.7 Å². The zero-order chi connectivity index (χ0) is 13.9. The molecule has 0 radical (unpaired) electrons. The molecule has 7 nitrogen and oxygen atoms in total. The zero-order valence-electron chi connectivity index (χ0n) is 11.2. The van der Waals surface area contributed by atoms with Crippen LogP contribution in [0.15, 0.2) is 11.2 Å². The number of ether oxygens (including phenoxy) is 1. The molecule has 0 saturated carbocycles. The SMILES string of the molecule is CCN1CCOC(CNS(=O)(=O)c2cnc(C)[nH]2)C1. The molecule has 1 unspecified atom stereocenters. The summed E-state index contributed by atoms with van der Waals surface area (Å²) < 4.78 is 32.1. The number of nitrogens with one attached hydrogen (secondary N) is 2. The maximum Gasteiger partial charge on any atom is 0.257 e. The Kier molecular flexibility index (Phi) is 4.56. The first kappa shape index (κ1) is 14.4. The molecule has 2 heterocycles. The second-order valence-electron chi connectivity index (χ2n) is 4.57. The topological polar surface area (TPSA) is 87.3 Å². The Bertz CT molecular complexity index is 514. The Morgan fingerprint density at radius 2 is 2.42 bits per heavy atom. The lowest BCUT2D eigenvalue weighted by molar-refractivity contribution is -0.0229. The van der Waals surface area contributed by atoms with Gasteiger partial charge in [0, 0.05) is 19.6 Å². The first-order valence-corrected chi connectivity index (χ1v) is 7.85.